The molecule has 0 saturated carbocycles. The highest BCUT2D eigenvalue weighted by atomic mass is 16.6. The van der Waals surface area contributed by atoms with Crippen molar-refractivity contribution in [1.29, 1.82) is 0 Å². The first-order valence-corrected chi connectivity index (χ1v) is 29.8. The van der Waals surface area contributed by atoms with E-state index < -0.39 is 6.10 Å². The molecule has 0 aliphatic carbocycles. The van der Waals surface area contributed by atoms with Crippen LogP contribution in [0.4, 0.5) is 0 Å². The number of carbonyl (C=O) groups excluding carboxylic acids is 3. The molecule has 0 aromatic carbocycles. The highest BCUT2D eigenvalue weighted by Gasteiger charge is 2.19. The molecule has 0 saturated heterocycles. The first-order chi connectivity index (χ1) is 34.0. The third kappa shape index (κ3) is 55.9. The van der Waals surface area contributed by atoms with Gasteiger partial charge >= 0.3 is 17.9 Å². The van der Waals surface area contributed by atoms with Crippen molar-refractivity contribution in [2.24, 2.45) is 0 Å². The molecule has 0 aliphatic heterocycles. The van der Waals surface area contributed by atoms with Gasteiger partial charge in [-0.3, -0.25) is 14.4 Å². The summed E-state index contributed by atoms with van der Waals surface area (Å²) in [6.45, 7) is 6.50. The fourth-order valence-corrected chi connectivity index (χ4v) is 8.61. The van der Waals surface area contributed by atoms with Crippen molar-refractivity contribution < 1.29 is 28.6 Å². The first-order valence-electron chi connectivity index (χ1n) is 29.8. The molecular weight excluding hydrogens is 853 g/mol. The van der Waals surface area contributed by atoms with E-state index in [0.717, 1.165) is 83.5 Å². The number of hydrogen-bond donors (Lipinski definition) is 0. The third-order valence-corrected chi connectivity index (χ3v) is 13.1. The van der Waals surface area contributed by atoms with Crippen molar-refractivity contribution in [2.45, 2.75) is 309 Å². The summed E-state index contributed by atoms with van der Waals surface area (Å²) >= 11 is 0. The molecule has 0 fully saturated rings. The summed E-state index contributed by atoms with van der Waals surface area (Å²) in [5.74, 6) is -0.889. The maximum absolute atomic E-state index is 12.9. The molecule has 0 rings (SSSR count). The van der Waals surface area contributed by atoms with E-state index in [9.17, 15) is 14.4 Å². The fourth-order valence-electron chi connectivity index (χ4n) is 8.61. The summed E-state index contributed by atoms with van der Waals surface area (Å²) in [4.78, 5) is 38.2. The first kappa shape index (κ1) is 66.1. The van der Waals surface area contributed by atoms with Crippen molar-refractivity contribution in [3.05, 3.63) is 60.8 Å². The van der Waals surface area contributed by atoms with Gasteiger partial charge in [0, 0.05) is 19.3 Å². The Bertz CT molecular complexity index is 1250. The highest BCUT2D eigenvalue weighted by Crippen LogP contribution is 2.17. The van der Waals surface area contributed by atoms with Crippen LogP contribution < -0.4 is 0 Å². The smallest absolute Gasteiger partial charge is 0.306 e. The number of hydrogen-bond acceptors (Lipinski definition) is 6. The van der Waals surface area contributed by atoms with Gasteiger partial charge in [-0.05, 0) is 64.2 Å². The molecule has 1 atom stereocenters. The average Bonchev–Trinajstić information content (AvgIpc) is 3.35. The zero-order valence-electron chi connectivity index (χ0n) is 45.8. The number of rotatable bonds is 54. The van der Waals surface area contributed by atoms with Crippen LogP contribution in [-0.4, -0.2) is 37.2 Å². The number of ether oxygens (including phenoxy) is 3. The fraction of sp³-hybridized carbons (Fsp3) is 0.794. The quantitative estimate of drug-likeness (QED) is 0.0262. The Morgan fingerprint density at radius 1 is 0.304 bits per heavy atom. The molecule has 69 heavy (non-hydrogen) atoms. The number of carbonyl (C=O) groups is 3. The second-order valence-corrected chi connectivity index (χ2v) is 20.0. The molecule has 0 aromatic rings. The summed E-state index contributed by atoms with van der Waals surface area (Å²) < 4.78 is 16.9. The summed E-state index contributed by atoms with van der Waals surface area (Å²) in [5.41, 5.74) is 0. The molecule has 6 heteroatoms. The number of allylic oxidation sites excluding steroid dienone is 10. The Morgan fingerprint density at radius 2 is 0.565 bits per heavy atom. The summed E-state index contributed by atoms with van der Waals surface area (Å²) in [6, 6.07) is 0. The summed E-state index contributed by atoms with van der Waals surface area (Å²) in [5, 5.41) is 0. The predicted molar refractivity (Wildman–Crippen MR) is 298 cm³/mol. The van der Waals surface area contributed by atoms with Gasteiger partial charge in [-0.25, -0.2) is 0 Å². The minimum absolute atomic E-state index is 0.0802. The molecule has 0 aliphatic rings. The lowest BCUT2D eigenvalue weighted by molar-refractivity contribution is -0.167. The predicted octanol–water partition coefficient (Wildman–Crippen LogP) is 20.0. The standard InChI is InChI=1S/C63H112O6/c1-4-7-10-13-16-19-22-25-27-29-31-33-35-38-41-44-47-50-53-56-62(65)68-59-60(58-67-61(64)55-52-49-46-43-40-37-24-21-18-15-12-9-6-3)69-63(66)57-54-51-48-45-42-39-36-34-32-30-28-26-23-20-17-14-11-8-5-2/h9,12,15-16,18-19,21-22,24-25,60H,4-8,10-11,13-14,17,20,23,26-59H2,1-3H3/b12-9-,18-15-,19-16-,24-21-,25-22-. The Labute approximate surface area is 428 Å². The van der Waals surface area contributed by atoms with Crippen LogP contribution in [0.1, 0.15) is 303 Å². The molecule has 0 bridgehead atoms. The lowest BCUT2D eigenvalue weighted by Gasteiger charge is -2.18. The Balaban J connectivity index is 4.34. The molecule has 400 valence electrons. The van der Waals surface area contributed by atoms with Gasteiger partial charge < -0.3 is 14.2 Å². The van der Waals surface area contributed by atoms with E-state index in [-0.39, 0.29) is 31.1 Å². The van der Waals surface area contributed by atoms with Crippen molar-refractivity contribution in [3.8, 4) is 0 Å². The molecule has 6 nitrogen and oxygen atoms in total. The van der Waals surface area contributed by atoms with E-state index >= 15 is 0 Å². The Morgan fingerprint density at radius 3 is 0.913 bits per heavy atom. The van der Waals surface area contributed by atoms with Gasteiger partial charge in [0.2, 0.25) is 0 Å². The lowest BCUT2D eigenvalue weighted by Crippen LogP contribution is -2.30. The van der Waals surface area contributed by atoms with Gasteiger partial charge in [0.15, 0.2) is 6.10 Å². The van der Waals surface area contributed by atoms with Crippen LogP contribution >= 0.6 is 0 Å². The molecule has 0 aromatic heterocycles. The molecule has 0 heterocycles. The molecule has 0 spiro atoms. The normalized spacial score (nSPS) is 12.4. The summed E-state index contributed by atoms with van der Waals surface area (Å²) in [7, 11) is 0. The van der Waals surface area contributed by atoms with Gasteiger partial charge in [-0.15, -0.1) is 0 Å². The van der Waals surface area contributed by atoms with Crippen molar-refractivity contribution in [3.63, 3.8) is 0 Å². The van der Waals surface area contributed by atoms with Gasteiger partial charge in [0.25, 0.3) is 0 Å². The van der Waals surface area contributed by atoms with Gasteiger partial charge in [-0.1, -0.05) is 281 Å². The van der Waals surface area contributed by atoms with Crippen LogP contribution in [0.3, 0.4) is 0 Å². The van der Waals surface area contributed by atoms with Crippen molar-refractivity contribution in [1.82, 2.24) is 0 Å². The van der Waals surface area contributed by atoms with Gasteiger partial charge in [-0.2, -0.15) is 0 Å². The van der Waals surface area contributed by atoms with E-state index in [2.05, 4.69) is 81.5 Å². The second kappa shape index (κ2) is 57.7. The maximum atomic E-state index is 12.9. The van der Waals surface area contributed by atoms with Gasteiger partial charge in [0.05, 0.1) is 0 Å². The van der Waals surface area contributed by atoms with Crippen molar-refractivity contribution >= 4 is 17.9 Å². The third-order valence-electron chi connectivity index (χ3n) is 13.1. The molecule has 0 N–H and O–H groups in total. The van der Waals surface area contributed by atoms with Crippen LogP contribution in [0.2, 0.25) is 0 Å². The van der Waals surface area contributed by atoms with Crippen LogP contribution in [0, 0.1) is 0 Å². The van der Waals surface area contributed by atoms with E-state index in [0.29, 0.717) is 19.3 Å². The average molecular weight is 966 g/mol. The van der Waals surface area contributed by atoms with E-state index in [1.807, 2.05) is 0 Å². The molecule has 1 unspecified atom stereocenters. The van der Waals surface area contributed by atoms with Crippen LogP contribution in [0.25, 0.3) is 0 Å². The van der Waals surface area contributed by atoms with Gasteiger partial charge in [0.1, 0.15) is 13.2 Å². The van der Waals surface area contributed by atoms with E-state index in [4.69, 9.17) is 14.2 Å². The SMILES string of the molecule is CC\C=C/C=C\C=C/CCCCCCCC(=O)OCC(COC(=O)CCCCCCCCCCCC/C=C\C=C/CCCCC)OC(=O)CCCCCCCCCCCCCCCCCCCCC. The molecular formula is C63H112O6. The zero-order valence-corrected chi connectivity index (χ0v) is 45.8. The van der Waals surface area contributed by atoms with E-state index in [1.54, 1.807) is 0 Å². The summed E-state index contributed by atoms with van der Waals surface area (Å²) in [6.07, 6.45) is 72.2. The Hall–Kier alpha value is -2.89. The largest absolute Gasteiger partial charge is 0.462 e. The lowest BCUT2D eigenvalue weighted by atomic mass is 10.0. The maximum Gasteiger partial charge on any atom is 0.306 e. The number of unbranched alkanes of at least 4 members (excludes halogenated alkanes) is 36. The molecule has 0 radical (unpaired) electrons. The number of esters is 3. The van der Waals surface area contributed by atoms with Crippen LogP contribution in [0.5, 0.6) is 0 Å². The van der Waals surface area contributed by atoms with Crippen LogP contribution in [0.15, 0.2) is 60.8 Å². The second-order valence-electron chi connectivity index (χ2n) is 20.0. The Kier molecular flexibility index (Phi) is 55.3. The highest BCUT2D eigenvalue weighted by molar-refractivity contribution is 5.71. The topological polar surface area (TPSA) is 78.9 Å². The zero-order chi connectivity index (χ0) is 50.0. The molecule has 0 amide bonds. The van der Waals surface area contributed by atoms with Crippen LogP contribution in [-0.2, 0) is 28.6 Å². The van der Waals surface area contributed by atoms with Crippen molar-refractivity contribution in [2.75, 3.05) is 13.2 Å². The minimum Gasteiger partial charge on any atom is -0.462 e. The van der Waals surface area contributed by atoms with E-state index in [1.165, 1.54) is 180 Å². The minimum atomic E-state index is -0.782. The monoisotopic (exact) mass is 965 g/mol.